The Morgan fingerprint density at radius 3 is 2.00 bits per heavy atom. The molecule has 25 heavy (non-hydrogen) atoms. The first-order valence-corrected chi connectivity index (χ1v) is 8.35. The summed E-state index contributed by atoms with van der Waals surface area (Å²) in [6, 6.07) is 18.1. The Bertz CT molecular complexity index is 698. The van der Waals surface area contributed by atoms with Gasteiger partial charge in [0.05, 0.1) is 0 Å². The summed E-state index contributed by atoms with van der Waals surface area (Å²) >= 11 is 0. The highest BCUT2D eigenvalue weighted by Gasteiger charge is 2.30. The summed E-state index contributed by atoms with van der Waals surface area (Å²) in [6.45, 7) is 1.17. The van der Waals surface area contributed by atoms with Crippen molar-refractivity contribution >= 4 is 24.1 Å². The number of hydrogen-bond acceptors (Lipinski definition) is 3. The van der Waals surface area contributed by atoms with Crippen molar-refractivity contribution in [3.05, 3.63) is 71.8 Å². The zero-order chi connectivity index (χ0) is 16.9. The van der Waals surface area contributed by atoms with E-state index in [0.717, 1.165) is 11.1 Å². The maximum absolute atomic E-state index is 12.6. The maximum Gasteiger partial charge on any atom is 0.244 e. The van der Waals surface area contributed by atoms with Gasteiger partial charge in [0.25, 0.3) is 0 Å². The first kappa shape index (κ1) is 19.2. The fraction of sp³-hybridized carbons (Fsp3) is 0.300. The number of amides is 1. The molecule has 0 radical (unpaired) electrons. The van der Waals surface area contributed by atoms with Crippen LogP contribution in [0.3, 0.4) is 0 Å². The molecule has 0 saturated carbocycles. The third-order valence-corrected chi connectivity index (χ3v) is 4.66. The highest BCUT2D eigenvalue weighted by molar-refractivity contribution is 5.98. The van der Waals surface area contributed by atoms with Crippen LogP contribution in [-0.2, 0) is 4.79 Å². The van der Waals surface area contributed by atoms with Gasteiger partial charge in [0.2, 0.25) is 5.91 Å². The Hall–Kier alpha value is -2.17. The summed E-state index contributed by atoms with van der Waals surface area (Å²) in [4.78, 5) is 26.8. The van der Waals surface area contributed by atoms with Crippen molar-refractivity contribution in [1.29, 1.82) is 0 Å². The lowest BCUT2D eigenvalue weighted by Gasteiger charge is -2.33. The number of hydrogen-bond donors (Lipinski definition) is 1. The summed E-state index contributed by atoms with van der Waals surface area (Å²) in [5, 5.41) is 0. The molecule has 2 N–H and O–H groups in total. The minimum Gasteiger partial charge on any atom is -0.341 e. The van der Waals surface area contributed by atoms with Crippen LogP contribution in [-0.4, -0.2) is 29.7 Å². The molecule has 1 saturated heterocycles. The van der Waals surface area contributed by atoms with E-state index in [4.69, 9.17) is 5.73 Å². The van der Waals surface area contributed by atoms with Gasteiger partial charge in [-0.15, -0.1) is 12.4 Å². The second kappa shape index (κ2) is 8.79. The molecule has 5 heteroatoms. The molecule has 1 atom stereocenters. The molecule has 0 spiro atoms. The molecule has 0 aliphatic carbocycles. The van der Waals surface area contributed by atoms with E-state index in [2.05, 4.69) is 0 Å². The number of rotatable bonds is 4. The second-order valence-corrected chi connectivity index (χ2v) is 6.22. The average molecular weight is 359 g/mol. The van der Waals surface area contributed by atoms with Crippen LogP contribution in [0.4, 0.5) is 0 Å². The molecule has 1 fully saturated rings. The monoisotopic (exact) mass is 358 g/mol. The van der Waals surface area contributed by atoms with Crippen LogP contribution in [0.5, 0.6) is 0 Å². The summed E-state index contributed by atoms with van der Waals surface area (Å²) < 4.78 is 0. The minimum atomic E-state index is -0.632. The first-order valence-electron chi connectivity index (χ1n) is 8.35. The first-order chi connectivity index (χ1) is 11.7. The Balaban J connectivity index is 0.00000225. The smallest absolute Gasteiger partial charge is 0.244 e. The van der Waals surface area contributed by atoms with Crippen molar-refractivity contribution in [2.45, 2.75) is 18.9 Å². The molecule has 2 aromatic carbocycles. The Morgan fingerprint density at radius 1 is 0.920 bits per heavy atom. The predicted molar refractivity (Wildman–Crippen MR) is 101 cm³/mol. The number of likely N-dealkylation sites (tertiary alicyclic amines) is 1. The van der Waals surface area contributed by atoms with Crippen LogP contribution in [0.15, 0.2) is 60.7 Å². The molecule has 0 aromatic heterocycles. The number of Topliss-reactive ketones (excluding diaryl/α,β-unsaturated/α-hetero) is 1. The summed E-state index contributed by atoms with van der Waals surface area (Å²) in [6.07, 6.45) is 1.39. The molecule has 1 aliphatic heterocycles. The van der Waals surface area contributed by atoms with Crippen molar-refractivity contribution in [1.82, 2.24) is 4.90 Å². The van der Waals surface area contributed by atoms with Gasteiger partial charge in [0.1, 0.15) is 6.04 Å². The topological polar surface area (TPSA) is 63.4 Å². The van der Waals surface area contributed by atoms with Crippen LogP contribution in [0.25, 0.3) is 0 Å². The zero-order valence-corrected chi connectivity index (χ0v) is 14.8. The van der Waals surface area contributed by atoms with Gasteiger partial charge in [-0.25, -0.2) is 0 Å². The molecule has 1 amide bonds. The van der Waals surface area contributed by atoms with E-state index in [-0.39, 0.29) is 30.0 Å². The molecule has 0 bridgehead atoms. The van der Waals surface area contributed by atoms with Crippen LogP contribution in [0.2, 0.25) is 0 Å². The van der Waals surface area contributed by atoms with E-state index in [1.807, 2.05) is 60.7 Å². The average Bonchev–Trinajstić information content (AvgIpc) is 2.68. The minimum absolute atomic E-state index is 0. The van der Waals surface area contributed by atoms with E-state index >= 15 is 0 Å². The molecule has 1 unspecified atom stereocenters. The van der Waals surface area contributed by atoms with Crippen LogP contribution >= 0.6 is 12.4 Å². The number of carbonyl (C=O) groups excluding carboxylic acids is 2. The SMILES string of the molecule is Cl.NC(C(=O)N1CCC(C(=O)c2ccccc2)CC1)c1ccccc1. The van der Waals surface area contributed by atoms with Gasteiger partial charge in [-0.3, -0.25) is 9.59 Å². The van der Waals surface area contributed by atoms with E-state index in [1.54, 1.807) is 4.90 Å². The molecule has 132 valence electrons. The van der Waals surface area contributed by atoms with Crippen LogP contribution in [0, 0.1) is 5.92 Å². The third kappa shape index (κ3) is 4.47. The van der Waals surface area contributed by atoms with Crippen LogP contribution < -0.4 is 5.73 Å². The van der Waals surface area contributed by atoms with E-state index < -0.39 is 6.04 Å². The standard InChI is InChI=1S/C20H22N2O2.ClH/c21-18(15-7-3-1-4-8-15)20(24)22-13-11-17(12-14-22)19(23)16-9-5-2-6-10-16;/h1-10,17-18H,11-14,21H2;1H. The Kier molecular flexibility index (Phi) is 6.73. The van der Waals surface area contributed by atoms with Crippen molar-refractivity contribution in [2.75, 3.05) is 13.1 Å². The summed E-state index contributed by atoms with van der Waals surface area (Å²) in [7, 11) is 0. The lowest BCUT2D eigenvalue weighted by atomic mass is 9.88. The number of carbonyl (C=O) groups is 2. The summed E-state index contributed by atoms with van der Waals surface area (Å²) in [5.41, 5.74) is 7.67. The molecule has 4 nitrogen and oxygen atoms in total. The highest BCUT2D eigenvalue weighted by Crippen LogP contribution is 2.24. The zero-order valence-electron chi connectivity index (χ0n) is 14.0. The molecule has 3 rings (SSSR count). The van der Waals surface area contributed by atoms with Crippen LogP contribution in [0.1, 0.15) is 34.8 Å². The van der Waals surface area contributed by atoms with Gasteiger partial charge in [0.15, 0.2) is 5.78 Å². The maximum atomic E-state index is 12.6. The molecular formula is C20H23ClN2O2. The molecule has 1 aliphatic rings. The lowest BCUT2D eigenvalue weighted by molar-refractivity contribution is -0.134. The van der Waals surface area contributed by atoms with Gasteiger partial charge in [-0.2, -0.15) is 0 Å². The number of piperidine rings is 1. The quantitative estimate of drug-likeness (QED) is 0.853. The highest BCUT2D eigenvalue weighted by atomic mass is 35.5. The van der Waals surface area contributed by atoms with Crippen molar-refractivity contribution in [3.63, 3.8) is 0 Å². The van der Waals surface area contributed by atoms with Gasteiger partial charge in [-0.05, 0) is 18.4 Å². The Morgan fingerprint density at radius 2 is 1.44 bits per heavy atom. The van der Waals surface area contributed by atoms with Crippen molar-refractivity contribution in [3.8, 4) is 0 Å². The number of halogens is 1. The number of nitrogens with zero attached hydrogens (tertiary/aromatic N) is 1. The van der Waals surface area contributed by atoms with E-state index in [0.29, 0.717) is 25.9 Å². The Labute approximate surface area is 154 Å². The molecule has 2 aromatic rings. The van der Waals surface area contributed by atoms with Crippen molar-refractivity contribution < 1.29 is 9.59 Å². The predicted octanol–water partition coefficient (Wildman–Crippen LogP) is 3.23. The number of ketones is 1. The van der Waals surface area contributed by atoms with Gasteiger partial charge < -0.3 is 10.6 Å². The third-order valence-electron chi connectivity index (χ3n) is 4.66. The van der Waals surface area contributed by atoms with Gasteiger partial charge >= 0.3 is 0 Å². The van der Waals surface area contributed by atoms with E-state index in [1.165, 1.54) is 0 Å². The van der Waals surface area contributed by atoms with E-state index in [9.17, 15) is 9.59 Å². The van der Waals surface area contributed by atoms with Crippen molar-refractivity contribution in [2.24, 2.45) is 11.7 Å². The van der Waals surface area contributed by atoms with Gasteiger partial charge in [0, 0.05) is 24.6 Å². The van der Waals surface area contributed by atoms with Gasteiger partial charge in [-0.1, -0.05) is 60.7 Å². The fourth-order valence-electron chi connectivity index (χ4n) is 3.20. The largest absolute Gasteiger partial charge is 0.341 e. The molecule has 1 heterocycles. The summed E-state index contributed by atoms with van der Waals surface area (Å²) in [5.74, 6) is 0.103. The lowest BCUT2D eigenvalue weighted by Crippen LogP contribution is -2.44. The normalized spacial score (nSPS) is 16.0. The fourth-order valence-corrected chi connectivity index (χ4v) is 3.20. The molecular weight excluding hydrogens is 336 g/mol. The second-order valence-electron chi connectivity index (χ2n) is 6.22. The number of benzene rings is 2. The number of nitrogens with two attached hydrogens (primary N) is 1.